The second kappa shape index (κ2) is 11.7. The third-order valence-electron chi connectivity index (χ3n) is 6.86. The topological polar surface area (TPSA) is 113 Å². The Morgan fingerprint density at radius 1 is 0.919 bits per heavy atom. The van der Waals surface area contributed by atoms with Gasteiger partial charge in [-0.1, -0.05) is 30.2 Å². The molecule has 2 aliphatic rings. The molecule has 2 aliphatic heterocycles. The summed E-state index contributed by atoms with van der Waals surface area (Å²) in [5.41, 5.74) is 0.763. The zero-order chi connectivity index (χ0) is 26.6. The Bertz CT molecular complexity index is 1330. The summed E-state index contributed by atoms with van der Waals surface area (Å²) in [7, 11) is -5.87. The Morgan fingerprint density at radius 2 is 1.54 bits per heavy atom. The molecule has 0 saturated carbocycles. The zero-order valence-corrected chi connectivity index (χ0v) is 23.1. The number of carbonyl (C=O) groups excluding carboxylic acids is 1. The first-order chi connectivity index (χ1) is 17.6. The number of carbonyl (C=O) groups is 1. The summed E-state index contributed by atoms with van der Waals surface area (Å²) >= 11 is 6.12. The fraction of sp³-hybridized carbons (Fsp3) is 0.480. The van der Waals surface area contributed by atoms with Crippen LogP contribution in [0.25, 0.3) is 0 Å². The second-order valence-corrected chi connectivity index (χ2v) is 13.6. The van der Waals surface area contributed by atoms with Crippen LogP contribution in [0.3, 0.4) is 0 Å². The van der Waals surface area contributed by atoms with Crippen LogP contribution in [-0.2, 0) is 31.4 Å². The van der Waals surface area contributed by atoms with Gasteiger partial charge in [-0.25, -0.2) is 16.8 Å². The predicted molar refractivity (Wildman–Crippen MR) is 140 cm³/mol. The Morgan fingerprint density at radius 3 is 2.19 bits per heavy atom. The van der Waals surface area contributed by atoms with E-state index in [0.29, 0.717) is 38.2 Å². The molecule has 1 N–H and O–H groups in total. The summed E-state index contributed by atoms with van der Waals surface area (Å²) < 4.78 is 59.9. The lowest BCUT2D eigenvalue weighted by Gasteiger charge is -2.31. The van der Waals surface area contributed by atoms with Crippen molar-refractivity contribution in [1.29, 1.82) is 0 Å². The minimum atomic E-state index is -3.82. The van der Waals surface area contributed by atoms with E-state index in [-0.39, 0.29) is 33.8 Å². The first-order valence-corrected chi connectivity index (χ1v) is 15.6. The lowest BCUT2D eigenvalue weighted by molar-refractivity contribution is -0.126. The van der Waals surface area contributed by atoms with E-state index >= 15 is 0 Å². The van der Waals surface area contributed by atoms with Crippen molar-refractivity contribution in [3.8, 4) is 5.75 Å². The number of benzene rings is 2. The third-order valence-corrected chi connectivity index (χ3v) is 10.9. The van der Waals surface area contributed by atoms with Crippen LogP contribution < -0.4 is 10.1 Å². The van der Waals surface area contributed by atoms with E-state index in [4.69, 9.17) is 16.3 Å². The number of hydrogen-bond acceptors (Lipinski definition) is 6. The van der Waals surface area contributed by atoms with Gasteiger partial charge in [-0.3, -0.25) is 4.79 Å². The molecule has 2 heterocycles. The van der Waals surface area contributed by atoms with Gasteiger partial charge in [-0.2, -0.15) is 8.61 Å². The van der Waals surface area contributed by atoms with Gasteiger partial charge < -0.3 is 10.1 Å². The summed E-state index contributed by atoms with van der Waals surface area (Å²) in [5.74, 6) is -0.345. The van der Waals surface area contributed by atoms with Crippen LogP contribution in [0.15, 0.2) is 52.3 Å². The van der Waals surface area contributed by atoms with Gasteiger partial charge in [0.2, 0.25) is 26.0 Å². The van der Waals surface area contributed by atoms with Crippen LogP contribution in [0, 0.1) is 5.92 Å². The molecule has 1 amide bonds. The Balaban J connectivity index is 1.36. The number of halogens is 1. The van der Waals surface area contributed by atoms with E-state index < -0.39 is 26.0 Å². The Hall–Kier alpha value is -2.18. The van der Waals surface area contributed by atoms with Crippen molar-refractivity contribution in [2.75, 3.05) is 33.3 Å². The smallest absolute Gasteiger partial charge is 0.243 e. The van der Waals surface area contributed by atoms with Crippen molar-refractivity contribution in [3.63, 3.8) is 0 Å². The number of hydrogen-bond donors (Lipinski definition) is 1. The van der Waals surface area contributed by atoms with Gasteiger partial charge in [0.1, 0.15) is 5.75 Å². The first-order valence-electron chi connectivity index (χ1n) is 12.3. The molecule has 0 spiro atoms. The average molecular weight is 570 g/mol. The number of sulfonamides is 2. The van der Waals surface area contributed by atoms with E-state index in [1.165, 1.54) is 33.9 Å². The number of nitrogens with one attached hydrogen (secondary N) is 1. The van der Waals surface area contributed by atoms with Crippen molar-refractivity contribution in [2.45, 2.75) is 48.4 Å². The van der Waals surface area contributed by atoms with Crippen LogP contribution in [0.2, 0.25) is 5.02 Å². The number of piperidine rings is 2. The van der Waals surface area contributed by atoms with E-state index in [1.54, 1.807) is 24.3 Å². The molecule has 2 fully saturated rings. The van der Waals surface area contributed by atoms with Crippen molar-refractivity contribution < 1.29 is 26.4 Å². The molecule has 12 heteroatoms. The van der Waals surface area contributed by atoms with Gasteiger partial charge >= 0.3 is 0 Å². The monoisotopic (exact) mass is 569 g/mol. The van der Waals surface area contributed by atoms with E-state index in [0.717, 1.165) is 24.8 Å². The minimum Gasteiger partial charge on any atom is -0.495 e. The van der Waals surface area contributed by atoms with E-state index in [1.807, 2.05) is 0 Å². The van der Waals surface area contributed by atoms with Crippen molar-refractivity contribution in [1.82, 2.24) is 13.9 Å². The van der Waals surface area contributed by atoms with Gasteiger partial charge in [0.25, 0.3) is 0 Å². The number of rotatable bonds is 8. The normalized spacial score (nSPS) is 19.9. The molecule has 2 aromatic rings. The molecule has 9 nitrogen and oxygen atoms in total. The Kier molecular flexibility index (Phi) is 8.80. The Labute approximate surface area is 223 Å². The fourth-order valence-electron chi connectivity index (χ4n) is 4.70. The SMILES string of the molecule is COc1ccc(S(=O)(=O)N2CCCC(C(=O)NCc3ccc(S(=O)(=O)N4CCCCC4)cc3)C2)cc1Cl. The molecule has 1 unspecified atom stereocenters. The standard InChI is InChI=1S/C25H32ClN3O6S2/c1-35-24-12-11-22(16-23(24)26)37(33,34)29-15-5-6-20(18-29)25(30)27-17-19-7-9-21(10-8-19)36(31,32)28-13-3-2-4-14-28/h7-12,16,20H,2-6,13-15,17-18H2,1H3,(H,27,30). The number of nitrogens with zero attached hydrogens (tertiary/aromatic N) is 2. The molecular weight excluding hydrogens is 538 g/mol. The first kappa shape index (κ1) is 27.8. The van der Waals surface area contributed by atoms with Crippen LogP contribution >= 0.6 is 11.6 Å². The molecular formula is C25H32ClN3O6S2. The van der Waals surface area contributed by atoms with Crippen LogP contribution in [-0.4, -0.2) is 64.6 Å². The maximum Gasteiger partial charge on any atom is 0.243 e. The molecule has 4 rings (SSSR count). The highest BCUT2D eigenvalue weighted by Gasteiger charge is 2.33. The molecule has 37 heavy (non-hydrogen) atoms. The number of methoxy groups -OCH3 is 1. The van der Waals surface area contributed by atoms with Gasteiger partial charge in [0, 0.05) is 32.7 Å². The maximum atomic E-state index is 13.2. The van der Waals surface area contributed by atoms with Crippen molar-refractivity contribution in [2.24, 2.45) is 5.92 Å². The molecule has 0 aromatic heterocycles. The van der Waals surface area contributed by atoms with Gasteiger partial charge in [-0.15, -0.1) is 0 Å². The largest absolute Gasteiger partial charge is 0.495 e. The van der Waals surface area contributed by atoms with Crippen LogP contribution in [0.1, 0.15) is 37.7 Å². The highest BCUT2D eigenvalue weighted by atomic mass is 35.5. The minimum absolute atomic E-state index is 0.0546. The molecule has 202 valence electrons. The lowest BCUT2D eigenvalue weighted by Crippen LogP contribution is -2.45. The fourth-order valence-corrected chi connectivity index (χ4v) is 8.09. The van der Waals surface area contributed by atoms with Crippen LogP contribution in [0.5, 0.6) is 5.75 Å². The molecule has 0 radical (unpaired) electrons. The van der Waals surface area contributed by atoms with Gasteiger partial charge in [0.15, 0.2) is 0 Å². The molecule has 2 saturated heterocycles. The van der Waals surface area contributed by atoms with Gasteiger partial charge in [-0.05, 0) is 61.6 Å². The second-order valence-electron chi connectivity index (χ2n) is 9.33. The van der Waals surface area contributed by atoms with E-state index in [9.17, 15) is 21.6 Å². The van der Waals surface area contributed by atoms with Crippen molar-refractivity contribution >= 4 is 37.6 Å². The molecule has 2 aromatic carbocycles. The van der Waals surface area contributed by atoms with Gasteiger partial charge in [0.05, 0.1) is 27.8 Å². The zero-order valence-electron chi connectivity index (χ0n) is 20.7. The third kappa shape index (κ3) is 6.28. The summed E-state index contributed by atoms with van der Waals surface area (Å²) in [6.45, 7) is 1.70. The quantitative estimate of drug-likeness (QED) is 0.522. The summed E-state index contributed by atoms with van der Waals surface area (Å²) in [5, 5.41) is 3.07. The predicted octanol–water partition coefficient (Wildman–Crippen LogP) is 3.24. The highest BCUT2D eigenvalue weighted by Crippen LogP contribution is 2.30. The number of ether oxygens (including phenoxy) is 1. The summed E-state index contributed by atoms with van der Waals surface area (Å²) in [4.78, 5) is 13.2. The maximum absolute atomic E-state index is 13.2. The summed E-state index contributed by atoms with van der Waals surface area (Å²) in [6, 6.07) is 10.8. The molecule has 0 aliphatic carbocycles. The highest BCUT2D eigenvalue weighted by molar-refractivity contribution is 7.89. The summed E-state index contributed by atoms with van der Waals surface area (Å²) in [6.07, 6.45) is 3.93. The number of amides is 1. The van der Waals surface area contributed by atoms with Crippen molar-refractivity contribution in [3.05, 3.63) is 53.1 Å². The van der Waals surface area contributed by atoms with E-state index in [2.05, 4.69) is 5.32 Å². The van der Waals surface area contributed by atoms with Crippen LogP contribution in [0.4, 0.5) is 0 Å². The molecule has 1 atom stereocenters. The average Bonchev–Trinajstić information content (AvgIpc) is 2.92. The molecule has 0 bridgehead atoms. The lowest BCUT2D eigenvalue weighted by atomic mass is 9.99.